The number of aromatic nitrogens is 3. The first-order valence-corrected chi connectivity index (χ1v) is 15.6. The van der Waals surface area contributed by atoms with Crippen molar-refractivity contribution in [1.29, 1.82) is 0 Å². The molecule has 3 aromatic rings. The number of pyridine rings is 1. The summed E-state index contributed by atoms with van der Waals surface area (Å²) in [4.78, 5) is 42.8. The first-order chi connectivity index (χ1) is 21.1. The van der Waals surface area contributed by atoms with Crippen LogP contribution in [0.5, 0.6) is 5.75 Å². The van der Waals surface area contributed by atoms with Gasteiger partial charge in [-0.05, 0) is 51.0 Å². The molecule has 2 amide bonds. The molecule has 1 aromatic carbocycles. The van der Waals surface area contributed by atoms with E-state index in [2.05, 4.69) is 15.4 Å². The Morgan fingerprint density at radius 1 is 1.09 bits per heavy atom. The first-order valence-electron chi connectivity index (χ1n) is 13.3. The van der Waals surface area contributed by atoms with Gasteiger partial charge in [0.25, 0.3) is 5.95 Å². The predicted octanol–water partition coefficient (Wildman–Crippen LogP) is 5.05. The zero-order valence-corrected chi connectivity index (χ0v) is 27.0. The van der Waals surface area contributed by atoms with Crippen molar-refractivity contribution in [2.24, 2.45) is 5.92 Å². The molecule has 252 valence electrons. The Bertz CT molecular complexity index is 1710. The fourth-order valence-electron chi connectivity index (χ4n) is 3.64. The van der Waals surface area contributed by atoms with Gasteiger partial charge in [-0.2, -0.15) is 18.2 Å². The third-order valence-corrected chi connectivity index (χ3v) is 6.97. The molecule has 0 spiro atoms. The highest BCUT2D eigenvalue weighted by atomic mass is 35.5. The molecule has 3 rings (SSSR count). The number of amides is 2. The molecule has 0 aliphatic heterocycles. The highest BCUT2D eigenvalue weighted by Gasteiger charge is 2.33. The van der Waals surface area contributed by atoms with Crippen LogP contribution in [-0.2, 0) is 28.8 Å². The summed E-state index contributed by atoms with van der Waals surface area (Å²) < 4.78 is 85.0. The maximum absolute atomic E-state index is 13.5. The van der Waals surface area contributed by atoms with Crippen LogP contribution in [0, 0.1) is 5.92 Å². The number of nitrogens with zero attached hydrogens (tertiary/aromatic N) is 4. The number of rotatable bonds is 10. The Kier molecular flexibility index (Phi) is 11.0. The van der Waals surface area contributed by atoms with E-state index in [1.807, 2.05) is 0 Å². The number of alkyl halides is 3. The van der Waals surface area contributed by atoms with Gasteiger partial charge in [0.15, 0.2) is 22.1 Å². The second-order valence-electron chi connectivity index (χ2n) is 11.1. The highest BCUT2D eigenvalue weighted by molar-refractivity contribution is 7.90. The minimum absolute atomic E-state index is 0.155. The van der Waals surface area contributed by atoms with Crippen molar-refractivity contribution in [3.05, 3.63) is 41.6 Å². The summed E-state index contributed by atoms with van der Waals surface area (Å²) in [7, 11) is -3.93. The largest absolute Gasteiger partial charge is 0.482 e. The molecular weight excluding hydrogens is 663 g/mol. The van der Waals surface area contributed by atoms with Gasteiger partial charge < -0.3 is 24.3 Å². The molecule has 1 unspecified atom stereocenters. The van der Waals surface area contributed by atoms with Crippen LogP contribution in [0.4, 0.5) is 34.4 Å². The van der Waals surface area contributed by atoms with Crippen molar-refractivity contribution >= 4 is 56.9 Å². The molecule has 2 aromatic heterocycles. The Hall–Kier alpha value is -4.32. The van der Waals surface area contributed by atoms with E-state index >= 15 is 0 Å². The monoisotopic (exact) mass is 693 g/mol. The highest BCUT2D eigenvalue weighted by Crippen LogP contribution is 2.36. The number of halogens is 4. The molecule has 0 bridgehead atoms. The number of anilines is 2. The number of ether oxygens (including phenoxy) is 4. The average molecular weight is 694 g/mol. The van der Waals surface area contributed by atoms with Crippen molar-refractivity contribution in [2.75, 3.05) is 24.6 Å². The lowest BCUT2D eigenvalue weighted by molar-refractivity contribution is -0.155. The van der Waals surface area contributed by atoms with Crippen LogP contribution in [-0.4, -0.2) is 78.6 Å². The van der Waals surface area contributed by atoms with E-state index in [9.17, 15) is 36.0 Å². The van der Waals surface area contributed by atoms with Crippen LogP contribution in [0.25, 0.3) is 5.65 Å². The summed E-state index contributed by atoms with van der Waals surface area (Å²) >= 11 is 6.01. The van der Waals surface area contributed by atoms with E-state index in [-0.39, 0.29) is 10.7 Å². The van der Waals surface area contributed by atoms with Crippen LogP contribution in [0.15, 0.2) is 41.4 Å². The second kappa shape index (κ2) is 14.0. The number of esters is 1. The van der Waals surface area contributed by atoms with Gasteiger partial charge in [0, 0.05) is 18.5 Å². The number of alkyl carbamates (subject to hydrolysis) is 1. The number of fused-ring (bicyclic) bond motifs is 1. The van der Waals surface area contributed by atoms with Crippen LogP contribution in [0.2, 0.25) is 5.02 Å². The molecule has 19 heteroatoms. The molecule has 2 heterocycles. The van der Waals surface area contributed by atoms with Gasteiger partial charge in [-0.3, -0.25) is 0 Å². The third kappa shape index (κ3) is 10.1. The molecule has 0 fully saturated rings. The molecular formula is C27H31ClF3N5O9S. The van der Waals surface area contributed by atoms with Crippen molar-refractivity contribution in [2.45, 2.75) is 57.3 Å². The quantitative estimate of drug-likeness (QED) is 0.223. The number of hydrogen-bond acceptors (Lipinski definition) is 11. The first kappa shape index (κ1) is 36.2. The minimum atomic E-state index is -4.84. The number of carbonyl (C=O) groups is 3. The number of hydrogen-bond donors (Lipinski definition) is 1. The normalized spacial score (nSPS) is 12.8. The van der Waals surface area contributed by atoms with E-state index in [1.54, 1.807) is 34.6 Å². The van der Waals surface area contributed by atoms with Gasteiger partial charge in [-0.15, -0.1) is 5.10 Å². The van der Waals surface area contributed by atoms with Gasteiger partial charge in [0.2, 0.25) is 6.79 Å². The van der Waals surface area contributed by atoms with E-state index in [4.69, 9.17) is 30.5 Å². The minimum Gasteiger partial charge on any atom is -0.482 e. The van der Waals surface area contributed by atoms with E-state index in [0.29, 0.717) is 4.90 Å². The molecule has 46 heavy (non-hydrogen) atoms. The van der Waals surface area contributed by atoms with Crippen LogP contribution < -0.4 is 15.0 Å². The molecule has 0 saturated heterocycles. The summed E-state index contributed by atoms with van der Waals surface area (Å²) in [5.74, 6) is -2.61. The summed E-state index contributed by atoms with van der Waals surface area (Å²) in [5, 5.41) is 6.74. The summed E-state index contributed by atoms with van der Waals surface area (Å²) in [6, 6.07) is 4.49. The number of carbonyl (C=O) groups excluding carboxylic acids is 3. The van der Waals surface area contributed by atoms with Crippen LogP contribution >= 0.6 is 11.6 Å². The van der Waals surface area contributed by atoms with Gasteiger partial charge >= 0.3 is 24.3 Å². The number of nitrogens with one attached hydrogen (secondary N) is 1. The molecule has 0 saturated carbocycles. The molecule has 14 nitrogen and oxygen atoms in total. The summed E-state index contributed by atoms with van der Waals surface area (Å²) in [5.41, 5.74) is -1.14. The smallest absolute Gasteiger partial charge is 0.424 e. The molecule has 0 aliphatic rings. The predicted molar refractivity (Wildman–Crippen MR) is 157 cm³/mol. The van der Waals surface area contributed by atoms with E-state index in [1.165, 1.54) is 18.3 Å². The number of benzene rings is 1. The molecule has 0 radical (unpaired) electrons. The van der Waals surface area contributed by atoms with Gasteiger partial charge in [-0.25, -0.2) is 32.2 Å². The average Bonchev–Trinajstić information content (AvgIpc) is 3.31. The topological polar surface area (TPSA) is 168 Å². The zero-order chi connectivity index (χ0) is 34.6. The molecule has 0 aliphatic carbocycles. The van der Waals surface area contributed by atoms with Gasteiger partial charge in [0.1, 0.15) is 17.4 Å². The van der Waals surface area contributed by atoms with Crippen molar-refractivity contribution in [3.63, 3.8) is 0 Å². The fraction of sp³-hybridized carbons (Fsp3) is 0.444. The molecule has 1 N–H and O–H groups in total. The summed E-state index contributed by atoms with van der Waals surface area (Å²) in [6.45, 7) is 5.24. The van der Waals surface area contributed by atoms with E-state index in [0.717, 1.165) is 29.0 Å². The van der Waals surface area contributed by atoms with Gasteiger partial charge in [-0.1, -0.05) is 25.4 Å². The fourth-order valence-corrected chi connectivity index (χ4v) is 4.43. The Labute approximate surface area is 266 Å². The SMILES string of the molecule is CC(C)C(NC(=O)OC(C)(C)C)C(=O)OCOC(=O)N(c1nc2ccc(Cl)cn2n1)c1ccc(S(C)(=O)=O)cc1OCC(F)(F)F. The molecule has 1 atom stereocenters. The maximum Gasteiger partial charge on any atom is 0.424 e. The maximum atomic E-state index is 13.5. The van der Waals surface area contributed by atoms with Crippen molar-refractivity contribution < 1.29 is 54.9 Å². The second-order valence-corrected chi connectivity index (χ2v) is 13.5. The van der Waals surface area contributed by atoms with Crippen molar-refractivity contribution in [1.82, 2.24) is 19.9 Å². The Morgan fingerprint density at radius 3 is 2.35 bits per heavy atom. The van der Waals surface area contributed by atoms with E-state index < -0.39 is 87.4 Å². The van der Waals surface area contributed by atoms with Crippen LogP contribution in [0.3, 0.4) is 0 Å². The Balaban J connectivity index is 1.95. The summed E-state index contributed by atoms with van der Waals surface area (Å²) in [6.07, 6.45) is -4.94. The zero-order valence-electron chi connectivity index (χ0n) is 25.4. The third-order valence-electron chi connectivity index (χ3n) is 5.63. The van der Waals surface area contributed by atoms with Gasteiger partial charge in [0.05, 0.1) is 15.6 Å². The lowest BCUT2D eigenvalue weighted by Crippen LogP contribution is -2.47. The standard InChI is InChI=1S/C27H31ClF3N5O9S/c1-15(2)21(33-24(38)45-26(3,4)5)22(37)43-14-44-25(39)36(23-32-20-10-7-16(28)12-35(20)34-23)18-9-8-17(46(6,40)41)11-19(18)42-13-27(29,30)31/h7-12,15,21H,13-14H2,1-6H3,(H,33,38). The van der Waals surface area contributed by atoms with Crippen molar-refractivity contribution in [3.8, 4) is 5.75 Å². The number of sulfone groups is 1. The Morgan fingerprint density at radius 2 is 1.76 bits per heavy atom. The lowest BCUT2D eigenvalue weighted by Gasteiger charge is -2.25. The van der Waals surface area contributed by atoms with Crippen LogP contribution in [0.1, 0.15) is 34.6 Å². The lowest BCUT2D eigenvalue weighted by atomic mass is 10.1.